The van der Waals surface area contributed by atoms with Crippen molar-refractivity contribution in [3.05, 3.63) is 58.6 Å². The van der Waals surface area contributed by atoms with Gasteiger partial charge in [-0.15, -0.1) is 0 Å². The Hall–Kier alpha value is -2.30. The normalized spacial score (nSPS) is 19.5. The lowest BCUT2D eigenvalue weighted by molar-refractivity contribution is 0.288. The Kier molecular flexibility index (Phi) is 4.47. The number of methoxy groups -OCH3 is 1. The molecule has 0 aromatic heterocycles. The number of likely N-dealkylation sites (N-methyl/N-ethyl adjacent to an activating group) is 1. The van der Waals surface area contributed by atoms with E-state index in [1.165, 1.54) is 5.57 Å². The summed E-state index contributed by atoms with van der Waals surface area (Å²) in [6, 6.07) is 12.2. The highest BCUT2D eigenvalue weighted by molar-refractivity contribution is 6.31. The van der Waals surface area contributed by atoms with Crippen LogP contribution in [0.4, 0.5) is 17.1 Å². The molecule has 0 bridgehead atoms. The number of halogens is 1. The largest absolute Gasteiger partial charge is 0.497 e. The SMILES string of the molecule is COc1ccc2c(c1)C(C1=C[C@H](C)N(C)CC1)=Nc1cc(Cl)ccc1N2. The van der Waals surface area contributed by atoms with Gasteiger partial charge in [0.1, 0.15) is 5.75 Å². The van der Waals surface area contributed by atoms with Crippen molar-refractivity contribution >= 4 is 34.4 Å². The van der Waals surface area contributed by atoms with Crippen LogP contribution in [-0.2, 0) is 0 Å². The third-order valence-corrected chi connectivity index (χ3v) is 5.35. The molecular weight excluding hydrogens is 346 g/mol. The monoisotopic (exact) mass is 367 g/mol. The number of hydrogen-bond donors (Lipinski definition) is 1. The molecule has 134 valence electrons. The van der Waals surface area contributed by atoms with Crippen molar-refractivity contribution in [1.82, 2.24) is 4.90 Å². The lowest BCUT2D eigenvalue weighted by atomic mass is 9.93. The van der Waals surface area contributed by atoms with Gasteiger partial charge in [0.25, 0.3) is 0 Å². The van der Waals surface area contributed by atoms with Gasteiger partial charge in [-0.2, -0.15) is 0 Å². The number of rotatable bonds is 2. The van der Waals surface area contributed by atoms with Crippen molar-refractivity contribution in [2.75, 3.05) is 26.0 Å². The minimum absolute atomic E-state index is 0.380. The molecule has 4 nitrogen and oxygen atoms in total. The number of benzene rings is 2. The standard InChI is InChI=1S/C21H22ClN3O/c1-13-10-14(8-9-25(13)2)21-17-12-16(26-3)5-7-18(17)23-19-6-4-15(22)11-20(19)24-21/h4-7,10-13,23H,8-9H2,1-3H3/t13-/m0/s1. The lowest BCUT2D eigenvalue weighted by Gasteiger charge is -2.29. The summed E-state index contributed by atoms with van der Waals surface area (Å²) in [7, 11) is 3.84. The number of hydrogen-bond acceptors (Lipinski definition) is 4. The molecule has 0 fully saturated rings. The molecule has 0 unspecified atom stereocenters. The van der Waals surface area contributed by atoms with E-state index in [4.69, 9.17) is 21.3 Å². The number of fused-ring (bicyclic) bond motifs is 2. The highest BCUT2D eigenvalue weighted by Crippen LogP contribution is 2.39. The van der Waals surface area contributed by atoms with Crippen LogP contribution >= 0.6 is 11.6 Å². The van der Waals surface area contributed by atoms with Crippen LogP contribution in [0.25, 0.3) is 0 Å². The summed E-state index contributed by atoms with van der Waals surface area (Å²) in [5.74, 6) is 0.823. The average molecular weight is 368 g/mol. The summed E-state index contributed by atoms with van der Waals surface area (Å²) in [5.41, 5.74) is 6.15. The fraction of sp³-hybridized carbons (Fsp3) is 0.286. The highest BCUT2D eigenvalue weighted by atomic mass is 35.5. The van der Waals surface area contributed by atoms with Crippen LogP contribution in [0.5, 0.6) is 5.75 Å². The summed E-state index contributed by atoms with van der Waals surface area (Å²) in [5, 5.41) is 4.19. The Bertz CT molecular complexity index is 919. The minimum Gasteiger partial charge on any atom is -0.497 e. The van der Waals surface area contributed by atoms with Crippen LogP contribution in [0.2, 0.25) is 5.02 Å². The fourth-order valence-electron chi connectivity index (χ4n) is 3.43. The van der Waals surface area contributed by atoms with Crippen LogP contribution in [0, 0.1) is 0 Å². The maximum Gasteiger partial charge on any atom is 0.119 e. The van der Waals surface area contributed by atoms with Gasteiger partial charge >= 0.3 is 0 Å². The van der Waals surface area contributed by atoms with E-state index in [1.807, 2.05) is 30.3 Å². The predicted octanol–water partition coefficient (Wildman–Crippen LogP) is 5.18. The topological polar surface area (TPSA) is 36.9 Å². The van der Waals surface area contributed by atoms with Crippen LogP contribution in [0.3, 0.4) is 0 Å². The summed E-state index contributed by atoms with van der Waals surface area (Å²) in [6.45, 7) is 3.23. The predicted molar refractivity (Wildman–Crippen MR) is 109 cm³/mol. The molecule has 5 heteroatoms. The molecule has 2 heterocycles. The van der Waals surface area contributed by atoms with E-state index in [1.54, 1.807) is 7.11 Å². The van der Waals surface area contributed by atoms with Crippen molar-refractivity contribution in [3.63, 3.8) is 0 Å². The van der Waals surface area contributed by atoms with Gasteiger partial charge in [-0.1, -0.05) is 17.7 Å². The second-order valence-corrected chi connectivity index (χ2v) is 7.26. The van der Waals surface area contributed by atoms with Crippen LogP contribution in [0.1, 0.15) is 18.9 Å². The first-order valence-corrected chi connectivity index (χ1v) is 9.18. The van der Waals surface area contributed by atoms with E-state index < -0.39 is 0 Å². The first-order chi connectivity index (χ1) is 12.5. The van der Waals surface area contributed by atoms with Crippen molar-refractivity contribution < 1.29 is 4.74 Å². The minimum atomic E-state index is 0.380. The van der Waals surface area contributed by atoms with Gasteiger partial charge < -0.3 is 10.1 Å². The van der Waals surface area contributed by atoms with Crippen molar-refractivity contribution in [2.24, 2.45) is 4.99 Å². The zero-order valence-corrected chi connectivity index (χ0v) is 16.0. The number of nitrogens with one attached hydrogen (secondary N) is 1. The van der Waals surface area contributed by atoms with E-state index in [0.717, 1.165) is 47.1 Å². The third kappa shape index (κ3) is 3.11. The molecule has 0 saturated heterocycles. The van der Waals surface area contributed by atoms with E-state index in [0.29, 0.717) is 11.1 Å². The van der Waals surface area contributed by atoms with Gasteiger partial charge in [0.2, 0.25) is 0 Å². The molecule has 2 aromatic carbocycles. The van der Waals surface area contributed by atoms with Crippen LogP contribution < -0.4 is 10.1 Å². The van der Waals surface area contributed by atoms with Gasteiger partial charge in [-0.3, -0.25) is 4.90 Å². The molecule has 4 rings (SSSR count). The molecular formula is C21H22ClN3O. The van der Waals surface area contributed by atoms with E-state index >= 15 is 0 Å². The zero-order valence-electron chi connectivity index (χ0n) is 15.2. The van der Waals surface area contributed by atoms with Gasteiger partial charge in [0.15, 0.2) is 0 Å². The Morgan fingerprint density at radius 3 is 2.77 bits per heavy atom. The van der Waals surface area contributed by atoms with Crippen molar-refractivity contribution in [1.29, 1.82) is 0 Å². The van der Waals surface area contributed by atoms with E-state index in [9.17, 15) is 0 Å². The van der Waals surface area contributed by atoms with Crippen LogP contribution in [-0.4, -0.2) is 37.4 Å². The van der Waals surface area contributed by atoms with Crippen molar-refractivity contribution in [2.45, 2.75) is 19.4 Å². The second kappa shape index (κ2) is 6.78. The summed E-state index contributed by atoms with van der Waals surface area (Å²) in [4.78, 5) is 7.37. The van der Waals surface area contributed by atoms with Crippen LogP contribution in [0.15, 0.2) is 53.0 Å². The first-order valence-electron chi connectivity index (χ1n) is 8.80. The summed E-state index contributed by atoms with van der Waals surface area (Å²) >= 11 is 6.23. The Labute approximate surface area is 159 Å². The molecule has 0 aliphatic carbocycles. The van der Waals surface area contributed by atoms with E-state index in [-0.39, 0.29) is 0 Å². The smallest absolute Gasteiger partial charge is 0.119 e. The quantitative estimate of drug-likeness (QED) is 0.794. The average Bonchev–Trinajstić information content (AvgIpc) is 2.80. The summed E-state index contributed by atoms with van der Waals surface area (Å²) in [6.07, 6.45) is 3.27. The number of ether oxygens (including phenoxy) is 1. The maximum absolute atomic E-state index is 6.23. The van der Waals surface area contributed by atoms with E-state index in [2.05, 4.69) is 36.3 Å². The molecule has 1 N–H and O–H groups in total. The Morgan fingerprint density at radius 2 is 2.00 bits per heavy atom. The molecule has 2 aliphatic heterocycles. The molecule has 0 saturated carbocycles. The number of anilines is 2. The second-order valence-electron chi connectivity index (χ2n) is 6.82. The molecule has 26 heavy (non-hydrogen) atoms. The van der Waals surface area contributed by atoms with Crippen molar-refractivity contribution in [3.8, 4) is 5.75 Å². The van der Waals surface area contributed by atoms with Gasteiger partial charge in [-0.05, 0) is 62.4 Å². The Morgan fingerprint density at radius 1 is 1.19 bits per heavy atom. The molecule has 0 amide bonds. The maximum atomic E-state index is 6.23. The molecule has 2 aromatic rings. The first kappa shape index (κ1) is 17.1. The molecule has 1 atom stereocenters. The third-order valence-electron chi connectivity index (χ3n) is 5.12. The highest BCUT2D eigenvalue weighted by Gasteiger charge is 2.24. The van der Waals surface area contributed by atoms with Gasteiger partial charge in [-0.25, -0.2) is 4.99 Å². The molecule has 0 spiro atoms. The zero-order chi connectivity index (χ0) is 18.3. The van der Waals surface area contributed by atoms with Gasteiger partial charge in [0.05, 0.1) is 24.2 Å². The summed E-state index contributed by atoms with van der Waals surface area (Å²) < 4.78 is 5.46. The Balaban J connectivity index is 1.92. The number of aliphatic imine (C=N–C) groups is 1. The fourth-order valence-corrected chi connectivity index (χ4v) is 3.59. The molecule has 0 radical (unpaired) electrons. The van der Waals surface area contributed by atoms with Gasteiger partial charge in [0, 0.05) is 28.9 Å². The lowest BCUT2D eigenvalue weighted by Crippen LogP contribution is -2.33. The number of nitrogens with zero attached hydrogens (tertiary/aromatic N) is 2. The molecule has 2 aliphatic rings.